The number of nitrogens with one attached hydrogen (secondary N) is 2. The lowest BCUT2D eigenvalue weighted by atomic mass is 10.1. The Labute approximate surface area is 188 Å². The number of nitrogens with zero attached hydrogens (tertiary/aromatic N) is 2. The topological polar surface area (TPSA) is 108 Å². The second-order valence-electron chi connectivity index (χ2n) is 7.57. The first kappa shape index (κ1) is 23.7. The number of hydrogen-bond donors (Lipinski definition) is 2. The lowest BCUT2D eigenvalue weighted by Crippen LogP contribution is -2.44. The molecule has 1 atom stereocenters. The highest BCUT2D eigenvalue weighted by atomic mass is 32.2. The Kier molecular flexibility index (Phi) is 7.84. The highest BCUT2D eigenvalue weighted by molar-refractivity contribution is 7.90. The molecule has 2 aromatic rings. The van der Waals surface area contributed by atoms with Gasteiger partial charge >= 0.3 is 10.2 Å². The van der Waals surface area contributed by atoms with E-state index in [0.29, 0.717) is 30.1 Å². The van der Waals surface area contributed by atoms with Gasteiger partial charge in [0.2, 0.25) is 5.91 Å². The molecule has 1 heterocycles. The van der Waals surface area contributed by atoms with E-state index in [2.05, 4.69) is 10.6 Å². The summed E-state index contributed by atoms with van der Waals surface area (Å²) in [5.74, 6) is -0.907. The molecule has 0 bridgehead atoms. The third kappa shape index (κ3) is 5.84. The van der Waals surface area contributed by atoms with Gasteiger partial charge < -0.3 is 15.4 Å². The van der Waals surface area contributed by atoms with Gasteiger partial charge in [0.1, 0.15) is 6.54 Å². The molecule has 2 N–H and O–H groups in total. The van der Waals surface area contributed by atoms with Crippen LogP contribution in [0.5, 0.6) is 0 Å². The van der Waals surface area contributed by atoms with Gasteiger partial charge in [0.25, 0.3) is 5.91 Å². The summed E-state index contributed by atoms with van der Waals surface area (Å²) in [5.41, 5.74) is 0.956. The van der Waals surface area contributed by atoms with Crippen molar-refractivity contribution in [3.05, 3.63) is 60.2 Å². The summed E-state index contributed by atoms with van der Waals surface area (Å²) in [5, 5.41) is 5.51. The van der Waals surface area contributed by atoms with Crippen LogP contribution in [0.25, 0.3) is 0 Å². The molecule has 3 rings (SSSR count). The average molecular weight is 461 g/mol. The molecule has 0 unspecified atom stereocenters. The smallest absolute Gasteiger partial charge is 0.304 e. The summed E-state index contributed by atoms with van der Waals surface area (Å²) >= 11 is 0. The van der Waals surface area contributed by atoms with E-state index in [-0.39, 0.29) is 12.0 Å². The second kappa shape index (κ2) is 10.6. The molecular weight excluding hydrogens is 432 g/mol. The first-order valence-electron chi connectivity index (χ1n) is 10.3. The van der Waals surface area contributed by atoms with Crippen molar-refractivity contribution in [1.82, 2.24) is 9.62 Å². The zero-order chi connectivity index (χ0) is 23.1. The first-order valence-corrected chi connectivity index (χ1v) is 11.7. The minimum absolute atomic E-state index is 0.00336. The molecule has 1 aliphatic rings. The fourth-order valence-corrected chi connectivity index (χ4v) is 4.38. The summed E-state index contributed by atoms with van der Waals surface area (Å²) in [4.78, 5) is 25.5. The number of anilines is 2. The van der Waals surface area contributed by atoms with Crippen LogP contribution in [-0.2, 0) is 19.7 Å². The molecule has 1 saturated heterocycles. The Morgan fingerprint density at radius 3 is 2.41 bits per heavy atom. The van der Waals surface area contributed by atoms with E-state index in [1.165, 1.54) is 14.1 Å². The van der Waals surface area contributed by atoms with Crippen LogP contribution in [0, 0.1) is 0 Å². The van der Waals surface area contributed by atoms with Crippen molar-refractivity contribution >= 4 is 33.4 Å². The van der Waals surface area contributed by atoms with E-state index < -0.39 is 22.7 Å². The first-order chi connectivity index (χ1) is 15.3. The number of carbonyl (C=O) groups is 2. The SMILES string of the molecule is CN(C)S(=O)(=O)N(CC(=O)Nc1ccccc1C(=O)NC[C@H]1CCCO1)c1ccccc1. The summed E-state index contributed by atoms with van der Waals surface area (Å²) in [6.07, 6.45) is 1.87. The molecule has 10 heteroatoms. The van der Waals surface area contributed by atoms with E-state index in [9.17, 15) is 18.0 Å². The van der Waals surface area contributed by atoms with Crippen molar-refractivity contribution in [1.29, 1.82) is 0 Å². The van der Waals surface area contributed by atoms with Crippen LogP contribution < -0.4 is 14.9 Å². The highest BCUT2D eigenvalue weighted by Gasteiger charge is 2.27. The standard InChI is InChI=1S/C22H28N4O5S/c1-25(2)32(29,30)26(17-9-4-3-5-10-17)16-21(27)24-20-13-7-6-12-19(20)22(28)23-15-18-11-8-14-31-18/h3-7,9-10,12-13,18H,8,11,14-16H2,1-2H3,(H,23,28)(H,24,27)/t18-/m1/s1. The van der Waals surface area contributed by atoms with Gasteiger partial charge in [-0.05, 0) is 37.1 Å². The predicted octanol–water partition coefficient (Wildman–Crippen LogP) is 1.85. The van der Waals surface area contributed by atoms with Crippen LogP contribution in [0.15, 0.2) is 54.6 Å². The third-order valence-corrected chi connectivity index (χ3v) is 6.85. The molecule has 0 spiro atoms. The van der Waals surface area contributed by atoms with Crippen LogP contribution in [0.1, 0.15) is 23.2 Å². The molecular formula is C22H28N4O5S. The van der Waals surface area contributed by atoms with Crippen LogP contribution in [-0.4, -0.2) is 64.4 Å². The molecule has 2 amide bonds. The predicted molar refractivity (Wildman–Crippen MR) is 123 cm³/mol. The molecule has 1 fully saturated rings. The minimum atomic E-state index is -3.91. The Bertz CT molecular complexity index is 1040. The third-order valence-electron chi connectivity index (χ3n) is 5.03. The van der Waals surface area contributed by atoms with Gasteiger partial charge in [-0.1, -0.05) is 30.3 Å². The summed E-state index contributed by atoms with van der Waals surface area (Å²) in [6, 6.07) is 15.0. The molecule has 0 radical (unpaired) electrons. The van der Waals surface area contributed by atoms with Crippen molar-refractivity contribution in [2.75, 3.05) is 43.4 Å². The van der Waals surface area contributed by atoms with Crippen molar-refractivity contribution < 1.29 is 22.7 Å². The molecule has 9 nitrogen and oxygen atoms in total. The number of hydrogen-bond acceptors (Lipinski definition) is 5. The zero-order valence-electron chi connectivity index (χ0n) is 18.2. The molecule has 2 aromatic carbocycles. The number of para-hydroxylation sites is 2. The van der Waals surface area contributed by atoms with Gasteiger partial charge in [0.05, 0.1) is 23.0 Å². The van der Waals surface area contributed by atoms with Crippen molar-refractivity contribution in [2.45, 2.75) is 18.9 Å². The lowest BCUT2D eigenvalue weighted by Gasteiger charge is -2.27. The number of benzene rings is 2. The lowest BCUT2D eigenvalue weighted by molar-refractivity contribution is -0.114. The van der Waals surface area contributed by atoms with Gasteiger partial charge in [-0.3, -0.25) is 9.59 Å². The van der Waals surface area contributed by atoms with Crippen LogP contribution >= 0.6 is 0 Å². The van der Waals surface area contributed by atoms with Gasteiger partial charge in [-0.2, -0.15) is 12.7 Å². The second-order valence-corrected chi connectivity index (χ2v) is 9.64. The normalized spacial score (nSPS) is 16.0. The van der Waals surface area contributed by atoms with Crippen LogP contribution in [0.3, 0.4) is 0 Å². The van der Waals surface area contributed by atoms with Crippen LogP contribution in [0.4, 0.5) is 11.4 Å². The Morgan fingerprint density at radius 2 is 1.75 bits per heavy atom. The fourth-order valence-electron chi connectivity index (χ4n) is 3.31. The average Bonchev–Trinajstić information content (AvgIpc) is 3.30. The monoisotopic (exact) mass is 460 g/mol. The molecule has 0 saturated carbocycles. The molecule has 0 aliphatic carbocycles. The van der Waals surface area contributed by atoms with E-state index in [0.717, 1.165) is 21.5 Å². The maximum Gasteiger partial charge on any atom is 0.304 e. The molecule has 1 aliphatic heterocycles. The number of rotatable bonds is 9. The van der Waals surface area contributed by atoms with Crippen LogP contribution in [0.2, 0.25) is 0 Å². The number of ether oxygens (including phenoxy) is 1. The summed E-state index contributed by atoms with van der Waals surface area (Å²) in [7, 11) is -1.11. The molecule has 32 heavy (non-hydrogen) atoms. The Balaban J connectivity index is 1.73. The van der Waals surface area contributed by atoms with Crippen molar-refractivity contribution in [3.8, 4) is 0 Å². The zero-order valence-corrected chi connectivity index (χ0v) is 19.0. The van der Waals surface area contributed by atoms with E-state index in [4.69, 9.17) is 4.74 Å². The quantitative estimate of drug-likeness (QED) is 0.594. The van der Waals surface area contributed by atoms with Gasteiger partial charge in [0, 0.05) is 27.2 Å². The largest absolute Gasteiger partial charge is 0.376 e. The van der Waals surface area contributed by atoms with Gasteiger partial charge in [-0.25, -0.2) is 4.31 Å². The van der Waals surface area contributed by atoms with E-state index in [1.54, 1.807) is 54.6 Å². The molecule has 0 aromatic heterocycles. The number of amides is 2. The van der Waals surface area contributed by atoms with E-state index >= 15 is 0 Å². The highest BCUT2D eigenvalue weighted by Crippen LogP contribution is 2.20. The summed E-state index contributed by atoms with van der Waals surface area (Å²) in [6.45, 7) is 0.640. The van der Waals surface area contributed by atoms with Crippen molar-refractivity contribution in [2.24, 2.45) is 0 Å². The minimum Gasteiger partial charge on any atom is -0.376 e. The maximum atomic E-state index is 12.8. The van der Waals surface area contributed by atoms with Crippen molar-refractivity contribution in [3.63, 3.8) is 0 Å². The van der Waals surface area contributed by atoms with E-state index in [1.807, 2.05) is 0 Å². The number of carbonyl (C=O) groups excluding carboxylic acids is 2. The van der Waals surface area contributed by atoms with Gasteiger partial charge in [-0.15, -0.1) is 0 Å². The Morgan fingerprint density at radius 1 is 1.06 bits per heavy atom. The van der Waals surface area contributed by atoms with Gasteiger partial charge in [0.15, 0.2) is 0 Å². The maximum absolute atomic E-state index is 12.8. The summed E-state index contributed by atoms with van der Waals surface area (Å²) < 4.78 is 33.2. The fraction of sp³-hybridized carbons (Fsp3) is 0.364. The molecule has 172 valence electrons. The Hall–Kier alpha value is -2.95.